The van der Waals surface area contributed by atoms with Crippen molar-refractivity contribution in [3.05, 3.63) is 64.4 Å². The van der Waals surface area contributed by atoms with Crippen LogP contribution in [0, 0.1) is 5.82 Å². The minimum Gasteiger partial charge on any atom is -0.359 e. The van der Waals surface area contributed by atoms with E-state index >= 15 is 0 Å². The van der Waals surface area contributed by atoms with Crippen LogP contribution in [0.1, 0.15) is 13.4 Å². The molecule has 1 saturated heterocycles. The molecule has 0 radical (unpaired) electrons. The van der Waals surface area contributed by atoms with Crippen molar-refractivity contribution in [1.82, 2.24) is 4.98 Å². The summed E-state index contributed by atoms with van der Waals surface area (Å²) in [6, 6.07) is 8.83. The van der Waals surface area contributed by atoms with Crippen LogP contribution in [0.25, 0.3) is 0 Å². The van der Waals surface area contributed by atoms with Gasteiger partial charge >= 0.3 is 0 Å². The molecule has 168 valence electrons. The third-order valence-electron chi connectivity index (χ3n) is 5.75. The van der Waals surface area contributed by atoms with E-state index in [-0.39, 0.29) is 28.4 Å². The molecule has 7 nitrogen and oxygen atoms in total. The van der Waals surface area contributed by atoms with E-state index in [0.717, 1.165) is 11.3 Å². The molecule has 3 aromatic rings. The van der Waals surface area contributed by atoms with Crippen LogP contribution in [-0.2, 0) is 21.2 Å². The van der Waals surface area contributed by atoms with Crippen molar-refractivity contribution in [1.29, 1.82) is 0 Å². The van der Waals surface area contributed by atoms with Crippen molar-refractivity contribution >= 4 is 55.4 Å². The molecule has 1 N–H and O–H groups in total. The van der Waals surface area contributed by atoms with Crippen LogP contribution < -0.4 is 14.5 Å². The summed E-state index contributed by atoms with van der Waals surface area (Å²) in [5, 5.41) is 2.09. The van der Waals surface area contributed by atoms with Crippen LogP contribution >= 0.6 is 22.9 Å². The Kier molecular flexibility index (Phi) is 5.31. The highest BCUT2D eigenvalue weighted by Gasteiger charge is 2.39. The highest BCUT2D eigenvalue weighted by molar-refractivity contribution is 7.93. The van der Waals surface area contributed by atoms with Gasteiger partial charge in [0, 0.05) is 37.5 Å². The molecule has 0 bridgehead atoms. The van der Waals surface area contributed by atoms with Gasteiger partial charge in [0.15, 0.2) is 5.13 Å². The zero-order valence-corrected chi connectivity index (χ0v) is 19.1. The van der Waals surface area contributed by atoms with Crippen LogP contribution in [-0.4, -0.2) is 38.4 Å². The molecule has 11 heteroatoms. The lowest BCUT2D eigenvalue weighted by Crippen LogP contribution is -2.41. The number of carbonyl (C=O) groups excluding carboxylic acids is 1. The van der Waals surface area contributed by atoms with Crippen molar-refractivity contribution in [3.63, 3.8) is 0 Å². The van der Waals surface area contributed by atoms with Gasteiger partial charge < -0.3 is 9.80 Å². The molecule has 0 aliphatic carbocycles. The Balaban J connectivity index is 0.00000259. The second kappa shape index (κ2) is 8.02. The molecule has 0 unspecified atom stereocenters. The summed E-state index contributed by atoms with van der Waals surface area (Å²) in [6.45, 7) is 1.11. The summed E-state index contributed by atoms with van der Waals surface area (Å²) in [7, 11) is -3.76. The normalized spacial score (nSPS) is 18.3. The second-order valence-electron chi connectivity index (χ2n) is 7.53. The molecule has 1 aromatic heterocycles. The number of sulfonamides is 1. The molecule has 0 saturated carbocycles. The molecule has 2 aliphatic heterocycles. The number of anilines is 3. The Hall–Kier alpha value is -2.69. The topological polar surface area (TPSA) is 82.6 Å². The maximum atomic E-state index is 13.8. The summed E-state index contributed by atoms with van der Waals surface area (Å²) < 4.78 is 41.3. The molecule has 2 aromatic carbocycles. The van der Waals surface area contributed by atoms with E-state index in [2.05, 4.69) is 9.71 Å². The van der Waals surface area contributed by atoms with Crippen LogP contribution in [0.2, 0.25) is 5.02 Å². The summed E-state index contributed by atoms with van der Waals surface area (Å²) in [5.41, 5.74) is 2.16. The quantitative estimate of drug-likeness (QED) is 0.576. The molecule has 3 heterocycles. The third-order valence-corrected chi connectivity index (χ3v) is 8.33. The van der Waals surface area contributed by atoms with Gasteiger partial charge in [0.25, 0.3) is 10.0 Å². The van der Waals surface area contributed by atoms with Gasteiger partial charge in [-0.25, -0.2) is 17.8 Å². The number of hydrogen-bond acceptors (Lipinski definition) is 6. The van der Waals surface area contributed by atoms with Crippen molar-refractivity contribution < 1.29 is 19.0 Å². The first-order chi connectivity index (χ1) is 15.3. The monoisotopic (exact) mass is 494 g/mol. The number of fused-ring (bicyclic) bond motifs is 1. The Bertz CT molecular complexity index is 1290. The minimum absolute atomic E-state index is 0. The summed E-state index contributed by atoms with van der Waals surface area (Å²) in [5.74, 6) is -0.527. The minimum atomic E-state index is -3.76. The Labute approximate surface area is 195 Å². The Morgan fingerprint density at radius 3 is 2.69 bits per heavy atom. The van der Waals surface area contributed by atoms with Gasteiger partial charge in [-0.05, 0) is 54.8 Å². The summed E-state index contributed by atoms with van der Waals surface area (Å²) in [6.07, 6.45) is 2.72. The van der Waals surface area contributed by atoms with Crippen molar-refractivity contribution in [3.8, 4) is 0 Å². The molecule has 0 spiro atoms. The number of carbonyl (C=O) groups is 1. The number of rotatable bonds is 5. The number of amides is 1. The van der Waals surface area contributed by atoms with Crippen molar-refractivity contribution in [2.45, 2.75) is 23.8 Å². The molecule has 2 aliphatic rings. The number of nitrogens with zero attached hydrogens (tertiary/aromatic N) is 3. The lowest BCUT2D eigenvalue weighted by atomic mass is 10.1. The smallest absolute Gasteiger partial charge is 0.263 e. The van der Waals surface area contributed by atoms with Crippen LogP contribution in [0.15, 0.2) is 52.9 Å². The third kappa shape index (κ3) is 3.62. The fourth-order valence-electron chi connectivity index (χ4n) is 4.23. The van der Waals surface area contributed by atoms with E-state index in [0.29, 0.717) is 31.6 Å². The number of nitrogens with one attached hydrogen (secondary N) is 1. The van der Waals surface area contributed by atoms with E-state index in [1.807, 2.05) is 4.90 Å². The van der Waals surface area contributed by atoms with Gasteiger partial charge in [-0.2, -0.15) is 0 Å². The van der Waals surface area contributed by atoms with E-state index < -0.39 is 15.8 Å². The summed E-state index contributed by atoms with van der Waals surface area (Å²) >= 11 is 7.30. The predicted molar refractivity (Wildman–Crippen MR) is 125 cm³/mol. The van der Waals surface area contributed by atoms with E-state index in [9.17, 15) is 17.6 Å². The SMILES string of the molecule is O=C1[C@H](N2CCc3c2ccc(F)c3Cl)CCN1c1ccc(S(=O)(=O)Nc2nccs2)cc1.[HH]. The van der Waals surface area contributed by atoms with Crippen LogP contribution in [0.3, 0.4) is 0 Å². The summed E-state index contributed by atoms with van der Waals surface area (Å²) in [4.78, 5) is 20.8. The first-order valence-corrected chi connectivity index (χ1v) is 12.7. The first kappa shape index (κ1) is 21.2. The van der Waals surface area contributed by atoms with Gasteiger partial charge in [-0.3, -0.25) is 9.52 Å². The molecule has 5 rings (SSSR count). The largest absolute Gasteiger partial charge is 0.359 e. The number of thiazole rings is 1. The first-order valence-electron chi connectivity index (χ1n) is 9.92. The lowest BCUT2D eigenvalue weighted by Gasteiger charge is -2.26. The number of benzene rings is 2. The van der Waals surface area contributed by atoms with Gasteiger partial charge in [0.2, 0.25) is 5.91 Å². The standard InChI is InChI=1S/C21H18ClFN4O3S2.H2/c22-19-15-7-10-27(17(15)6-5-16(19)23)18-8-11-26(20(18)28)13-1-3-14(4-2-13)32(29,30)25-21-24-9-12-31-21;/h1-6,9,12,18H,7-8,10-11H2,(H,24,25);1H/t18-;/m1./s1. The van der Waals surface area contributed by atoms with Crippen LogP contribution in [0.5, 0.6) is 0 Å². The molecule has 1 atom stereocenters. The second-order valence-corrected chi connectivity index (χ2v) is 10.5. The molecular weight excluding hydrogens is 475 g/mol. The zero-order valence-electron chi connectivity index (χ0n) is 16.7. The maximum Gasteiger partial charge on any atom is 0.263 e. The highest BCUT2D eigenvalue weighted by atomic mass is 35.5. The maximum absolute atomic E-state index is 13.8. The Morgan fingerprint density at radius 2 is 1.97 bits per heavy atom. The molecular formula is C21H20ClFN4O3S2. The highest BCUT2D eigenvalue weighted by Crippen LogP contribution is 2.38. The van der Waals surface area contributed by atoms with Gasteiger partial charge in [0.05, 0.1) is 9.92 Å². The lowest BCUT2D eigenvalue weighted by molar-refractivity contribution is -0.118. The van der Waals surface area contributed by atoms with Crippen LogP contribution in [0.4, 0.5) is 20.9 Å². The van der Waals surface area contributed by atoms with Gasteiger partial charge in [0.1, 0.15) is 11.9 Å². The van der Waals surface area contributed by atoms with E-state index in [4.69, 9.17) is 11.6 Å². The fourth-order valence-corrected chi connectivity index (χ4v) is 6.27. The average Bonchev–Trinajstić information content (AvgIpc) is 3.51. The number of hydrogen-bond donors (Lipinski definition) is 1. The van der Waals surface area contributed by atoms with Crippen molar-refractivity contribution in [2.75, 3.05) is 27.6 Å². The van der Waals surface area contributed by atoms with E-state index in [1.54, 1.807) is 28.5 Å². The zero-order chi connectivity index (χ0) is 22.5. The molecule has 32 heavy (non-hydrogen) atoms. The number of aromatic nitrogens is 1. The fraction of sp³-hybridized carbons (Fsp3) is 0.238. The van der Waals surface area contributed by atoms with E-state index in [1.165, 1.54) is 35.7 Å². The number of halogens is 2. The predicted octanol–water partition coefficient (Wildman–Crippen LogP) is 4.15. The molecule has 1 fully saturated rings. The molecule has 1 amide bonds. The van der Waals surface area contributed by atoms with Gasteiger partial charge in [-0.1, -0.05) is 11.6 Å². The average molecular weight is 495 g/mol. The Morgan fingerprint density at radius 1 is 1.19 bits per heavy atom. The van der Waals surface area contributed by atoms with Crippen molar-refractivity contribution in [2.24, 2.45) is 0 Å². The van der Waals surface area contributed by atoms with Gasteiger partial charge in [-0.15, -0.1) is 11.3 Å².